The van der Waals surface area contributed by atoms with E-state index < -0.39 is 0 Å². The summed E-state index contributed by atoms with van der Waals surface area (Å²) in [6, 6.07) is 7.48. The topological polar surface area (TPSA) is 97.9 Å². The molecule has 1 aliphatic rings. The monoisotopic (exact) mass is 398 g/mol. The first kappa shape index (κ1) is 20.7. The molecule has 1 unspecified atom stereocenters. The molecule has 0 radical (unpaired) electrons. The molecule has 3 N–H and O–H groups in total. The van der Waals surface area contributed by atoms with Gasteiger partial charge in [0.2, 0.25) is 5.95 Å². The van der Waals surface area contributed by atoms with E-state index in [0.717, 1.165) is 49.1 Å². The number of ether oxygens (including phenoxy) is 2. The average Bonchev–Trinajstić information content (AvgIpc) is 2.75. The van der Waals surface area contributed by atoms with Crippen molar-refractivity contribution in [1.82, 2.24) is 9.97 Å². The lowest BCUT2D eigenvalue weighted by Gasteiger charge is -2.31. The molecule has 1 aromatic carbocycles. The summed E-state index contributed by atoms with van der Waals surface area (Å²) < 4.78 is 11.3. The smallest absolute Gasteiger partial charge is 0.225 e. The summed E-state index contributed by atoms with van der Waals surface area (Å²) >= 11 is 0. The van der Waals surface area contributed by atoms with Crippen molar-refractivity contribution in [3.05, 3.63) is 36.7 Å². The standard InChI is InChI=1S/C21H30N6O2/c1-3-28-17-8-9-19(29-4-2)18(13-17)26-20(22)25-14-16-7-5-12-27(15-16)21-23-10-6-11-24-21/h6,8-11,13,16H,3-5,7,12,14-15H2,1-2H3,(H3,22,25,26). The van der Waals surface area contributed by atoms with Crippen LogP contribution in [-0.4, -0.2) is 48.8 Å². The molecule has 29 heavy (non-hydrogen) atoms. The highest BCUT2D eigenvalue weighted by Gasteiger charge is 2.21. The quantitative estimate of drug-likeness (QED) is 0.521. The van der Waals surface area contributed by atoms with Crippen molar-refractivity contribution in [2.24, 2.45) is 16.6 Å². The van der Waals surface area contributed by atoms with Crippen molar-refractivity contribution in [3.63, 3.8) is 0 Å². The van der Waals surface area contributed by atoms with Crippen LogP contribution >= 0.6 is 0 Å². The first-order valence-corrected chi connectivity index (χ1v) is 10.2. The van der Waals surface area contributed by atoms with Crippen molar-refractivity contribution in [1.29, 1.82) is 0 Å². The van der Waals surface area contributed by atoms with Crippen molar-refractivity contribution in [2.45, 2.75) is 26.7 Å². The molecule has 8 nitrogen and oxygen atoms in total. The maximum absolute atomic E-state index is 6.16. The van der Waals surface area contributed by atoms with Crippen LogP contribution in [0.25, 0.3) is 0 Å². The molecular weight excluding hydrogens is 368 g/mol. The van der Waals surface area contributed by atoms with Crippen molar-refractivity contribution >= 4 is 17.6 Å². The fourth-order valence-corrected chi connectivity index (χ4v) is 3.40. The number of aromatic nitrogens is 2. The van der Waals surface area contributed by atoms with Gasteiger partial charge in [-0.1, -0.05) is 0 Å². The van der Waals surface area contributed by atoms with Gasteiger partial charge >= 0.3 is 0 Å². The Labute approximate surface area is 172 Å². The van der Waals surface area contributed by atoms with Crippen LogP contribution in [0, 0.1) is 5.92 Å². The minimum atomic E-state index is 0.368. The zero-order valence-corrected chi connectivity index (χ0v) is 17.2. The first-order valence-electron chi connectivity index (χ1n) is 10.2. The lowest BCUT2D eigenvalue weighted by atomic mass is 9.98. The molecule has 1 saturated heterocycles. The van der Waals surface area contributed by atoms with Gasteiger partial charge in [0.1, 0.15) is 11.5 Å². The Morgan fingerprint density at radius 2 is 2.03 bits per heavy atom. The third kappa shape index (κ3) is 5.97. The van der Waals surface area contributed by atoms with Crippen molar-refractivity contribution in [2.75, 3.05) is 43.1 Å². The Morgan fingerprint density at radius 3 is 2.79 bits per heavy atom. The number of nitrogens with zero attached hydrogens (tertiary/aromatic N) is 4. The molecule has 2 heterocycles. The lowest BCUT2D eigenvalue weighted by molar-refractivity contribution is 0.332. The van der Waals surface area contributed by atoms with E-state index >= 15 is 0 Å². The summed E-state index contributed by atoms with van der Waals surface area (Å²) in [5.74, 6) is 3.04. The third-order valence-corrected chi connectivity index (χ3v) is 4.70. The Hall–Kier alpha value is -3.03. The number of hydrogen-bond acceptors (Lipinski definition) is 6. The summed E-state index contributed by atoms with van der Waals surface area (Å²) in [6.07, 6.45) is 5.76. The van der Waals surface area contributed by atoms with Gasteiger partial charge < -0.3 is 25.4 Å². The normalized spacial score (nSPS) is 17.1. The number of guanidine groups is 1. The third-order valence-electron chi connectivity index (χ3n) is 4.70. The summed E-state index contributed by atoms with van der Waals surface area (Å²) in [5, 5.41) is 3.16. The molecule has 1 atom stereocenters. The fourth-order valence-electron chi connectivity index (χ4n) is 3.40. The van der Waals surface area contributed by atoms with Gasteiger partial charge in [-0.25, -0.2) is 9.97 Å². The Morgan fingerprint density at radius 1 is 1.24 bits per heavy atom. The predicted molar refractivity (Wildman–Crippen MR) is 116 cm³/mol. The highest BCUT2D eigenvalue weighted by atomic mass is 16.5. The van der Waals surface area contributed by atoms with E-state index in [1.807, 2.05) is 38.1 Å². The van der Waals surface area contributed by atoms with E-state index in [4.69, 9.17) is 15.2 Å². The fraction of sp³-hybridized carbons (Fsp3) is 0.476. The van der Waals surface area contributed by atoms with Crippen LogP contribution in [0.15, 0.2) is 41.7 Å². The number of rotatable bonds is 8. The van der Waals surface area contributed by atoms with Crippen LogP contribution in [0.1, 0.15) is 26.7 Å². The van der Waals surface area contributed by atoms with Crippen LogP contribution in [0.3, 0.4) is 0 Å². The van der Waals surface area contributed by atoms with Gasteiger partial charge in [0, 0.05) is 38.1 Å². The van der Waals surface area contributed by atoms with Crippen molar-refractivity contribution in [3.8, 4) is 11.5 Å². The van der Waals surface area contributed by atoms with E-state index in [1.54, 1.807) is 12.4 Å². The molecule has 0 spiro atoms. The van der Waals surface area contributed by atoms with Gasteiger partial charge in [-0.2, -0.15) is 0 Å². The van der Waals surface area contributed by atoms with Crippen LogP contribution in [-0.2, 0) is 0 Å². The molecule has 2 aromatic rings. The number of anilines is 2. The number of piperidine rings is 1. The molecule has 0 saturated carbocycles. The Kier molecular flexibility index (Phi) is 7.49. The molecule has 1 aliphatic heterocycles. The molecule has 8 heteroatoms. The maximum atomic E-state index is 6.16. The highest BCUT2D eigenvalue weighted by Crippen LogP contribution is 2.29. The summed E-state index contributed by atoms with van der Waals surface area (Å²) in [5.41, 5.74) is 6.91. The summed E-state index contributed by atoms with van der Waals surface area (Å²) in [7, 11) is 0. The predicted octanol–water partition coefficient (Wildman–Crippen LogP) is 2.92. The van der Waals surface area contributed by atoms with Gasteiger partial charge in [0.05, 0.1) is 18.9 Å². The molecule has 1 aromatic heterocycles. The molecule has 0 amide bonds. The zero-order chi connectivity index (χ0) is 20.5. The minimum absolute atomic E-state index is 0.368. The number of benzene rings is 1. The van der Waals surface area contributed by atoms with Crippen LogP contribution in [0.2, 0.25) is 0 Å². The van der Waals surface area contributed by atoms with E-state index in [1.165, 1.54) is 0 Å². The average molecular weight is 399 g/mol. The molecular formula is C21H30N6O2. The summed E-state index contributed by atoms with van der Waals surface area (Å²) in [6.45, 7) is 7.57. The van der Waals surface area contributed by atoms with Crippen LogP contribution in [0.5, 0.6) is 11.5 Å². The molecule has 156 valence electrons. The van der Waals surface area contributed by atoms with Crippen LogP contribution in [0.4, 0.5) is 11.6 Å². The molecule has 0 aliphatic carbocycles. The highest BCUT2D eigenvalue weighted by molar-refractivity contribution is 5.94. The zero-order valence-electron chi connectivity index (χ0n) is 17.2. The number of hydrogen-bond donors (Lipinski definition) is 2. The number of aliphatic imine (C=N–C) groups is 1. The Balaban J connectivity index is 1.62. The Bertz CT molecular complexity index is 799. The van der Waals surface area contributed by atoms with E-state index in [2.05, 4.69) is 25.2 Å². The second-order valence-electron chi connectivity index (χ2n) is 6.88. The maximum Gasteiger partial charge on any atom is 0.225 e. The molecule has 0 bridgehead atoms. The van der Waals surface area contributed by atoms with E-state index in [0.29, 0.717) is 31.6 Å². The van der Waals surface area contributed by atoms with Gasteiger partial charge in [-0.05, 0) is 50.8 Å². The van der Waals surface area contributed by atoms with Gasteiger partial charge in [-0.15, -0.1) is 0 Å². The van der Waals surface area contributed by atoms with Crippen LogP contribution < -0.4 is 25.4 Å². The van der Waals surface area contributed by atoms with Gasteiger partial charge in [0.15, 0.2) is 5.96 Å². The number of nitrogens with two attached hydrogens (primary N) is 1. The molecule has 3 rings (SSSR count). The van der Waals surface area contributed by atoms with E-state index in [9.17, 15) is 0 Å². The number of nitrogens with one attached hydrogen (secondary N) is 1. The SMILES string of the molecule is CCOc1ccc(OCC)c(NC(N)=NCC2CCCN(c3ncccn3)C2)c1. The minimum Gasteiger partial charge on any atom is -0.494 e. The molecule has 1 fully saturated rings. The first-order chi connectivity index (χ1) is 14.2. The van der Waals surface area contributed by atoms with Gasteiger partial charge in [0.25, 0.3) is 0 Å². The summed E-state index contributed by atoms with van der Waals surface area (Å²) in [4.78, 5) is 15.5. The van der Waals surface area contributed by atoms with Gasteiger partial charge in [-0.3, -0.25) is 4.99 Å². The second-order valence-corrected chi connectivity index (χ2v) is 6.88. The largest absolute Gasteiger partial charge is 0.494 e. The van der Waals surface area contributed by atoms with Crippen molar-refractivity contribution < 1.29 is 9.47 Å². The second kappa shape index (κ2) is 10.5. The van der Waals surface area contributed by atoms with E-state index in [-0.39, 0.29) is 0 Å². The lowest BCUT2D eigenvalue weighted by Crippen LogP contribution is -2.38.